The molecule has 0 radical (unpaired) electrons. The number of nitrogens with zero attached hydrogens (tertiary/aromatic N) is 2. The zero-order chi connectivity index (χ0) is 14.7. The van der Waals surface area contributed by atoms with Gasteiger partial charge in [0.15, 0.2) is 0 Å². The van der Waals surface area contributed by atoms with Crippen LogP contribution in [0.5, 0.6) is 0 Å². The van der Waals surface area contributed by atoms with Crippen molar-refractivity contribution in [1.82, 2.24) is 9.55 Å². The van der Waals surface area contributed by atoms with Gasteiger partial charge in [-0.25, -0.2) is 4.98 Å². The summed E-state index contributed by atoms with van der Waals surface area (Å²) < 4.78 is 1.74. The molecule has 0 N–H and O–H groups in total. The minimum Gasteiger partial charge on any atom is -0.274 e. The second-order valence-electron chi connectivity index (χ2n) is 5.63. The van der Waals surface area contributed by atoms with E-state index in [-0.39, 0.29) is 11.8 Å². The van der Waals surface area contributed by atoms with E-state index in [1.165, 1.54) is 11.1 Å². The second kappa shape index (κ2) is 6.21. The molecule has 0 amide bonds. The molecule has 2 rings (SSSR count). The summed E-state index contributed by atoms with van der Waals surface area (Å²) >= 11 is 0. The lowest BCUT2D eigenvalue weighted by molar-refractivity contribution is 0.0826. The fourth-order valence-electron chi connectivity index (χ4n) is 2.59. The molecule has 108 valence electrons. The van der Waals surface area contributed by atoms with Crippen LogP contribution in [0.3, 0.4) is 0 Å². The fourth-order valence-corrected chi connectivity index (χ4v) is 2.59. The number of hydrogen-bond acceptors (Lipinski definition) is 2. The minimum absolute atomic E-state index is 0.106. The van der Waals surface area contributed by atoms with E-state index < -0.39 is 0 Å². The Morgan fingerprint density at radius 2 is 1.95 bits per heavy atom. The van der Waals surface area contributed by atoms with Gasteiger partial charge >= 0.3 is 0 Å². The third-order valence-corrected chi connectivity index (χ3v) is 4.15. The van der Waals surface area contributed by atoms with Gasteiger partial charge in [-0.15, -0.1) is 0 Å². The largest absolute Gasteiger partial charge is 0.274 e. The highest BCUT2D eigenvalue weighted by Gasteiger charge is 2.19. The van der Waals surface area contributed by atoms with Crippen molar-refractivity contribution in [3.63, 3.8) is 0 Å². The van der Waals surface area contributed by atoms with Gasteiger partial charge in [-0.1, -0.05) is 26.7 Å². The van der Waals surface area contributed by atoms with Gasteiger partial charge in [0.05, 0.1) is 11.0 Å². The van der Waals surface area contributed by atoms with E-state index in [1.807, 2.05) is 0 Å². The first-order chi connectivity index (χ1) is 9.58. The molecule has 0 saturated heterocycles. The molecule has 0 aliphatic rings. The molecule has 3 nitrogen and oxygen atoms in total. The van der Waals surface area contributed by atoms with E-state index in [0.717, 1.165) is 36.7 Å². The number of imidazole rings is 1. The molecule has 2 aromatic rings. The Bertz CT molecular complexity index is 613. The van der Waals surface area contributed by atoms with Gasteiger partial charge in [-0.2, -0.15) is 0 Å². The van der Waals surface area contributed by atoms with Crippen molar-refractivity contribution < 1.29 is 4.79 Å². The molecule has 0 fully saturated rings. The number of aromatic nitrogens is 2. The van der Waals surface area contributed by atoms with Crippen LogP contribution >= 0.6 is 0 Å². The van der Waals surface area contributed by atoms with Crippen molar-refractivity contribution >= 4 is 16.9 Å². The van der Waals surface area contributed by atoms with Crippen molar-refractivity contribution in [1.29, 1.82) is 0 Å². The zero-order valence-electron chi connectivity index (χ0n) is 12.9. The van der Waals surface area contributed by atoms with E-state index in [1.54, 1.807) is 10.9 Å². The Balaban J connectivity index is 2.36. The molecule has 20 heavy (non-hydrogen) atoms. The van der Waals surface area contributed by atoms with Gasteiger partial charge < -0.3 is 0 Å². The van der Waals surface area contributed by atoms with Crippen LogP contribution in [-0.2, 0) is 0 Å². The van der Waals surface area contributed by atoms with Crippen molar-refractivity contribution in [2.75, 3.05) is 0 Å². The lowest BCUT2D eigenvalue weighted by atomic mass is 9.98. The quantitative estimate of drug-likeness (QED) is 0.802. The third-order valence-electron chi connectivity index (χ3n) is 4.15. The number of unbranched alkanes of at least 4 members (excludes halogenated alkanes) is 1. The molecule has 0 saturated carbocycles. The third kappa shape index (κ3) is 2.77. The Labute approximate surface area is 121 Å². The Morgan fingerprint density at radius 3 is 2.60 bits per heavy atom. The Morgan fingerprint density at radius 1 is 1.25 bits per heavy atom. The van der Waals surface area contributed by atoms with Gasteiger partial charge in [0, 0.05) is 5.92 Å². The summed E-state index contributed by atoms with van der Waals surface area (Å²) in [5, 5.41) is 0. The first-order valence-electron chi connectivity index (χ1n) is 7.57. The maximum absolute atomic E-state index is 12.7. The average molecular weight is 272 g/mol. The monoisotopic (exact) mass is 272 g/mol. The normalized spacial score (nSPS) is 12.8. The van der Waals surface area contributed by atoms with Crippen LogP contribution in [0.25, 0.3) is 11.0 Å². The van der Waals surface area contributed by atoms with Crippen LogP contribution in [0.15, 0.2) is 18.5 Å². The summed E-state index contributed by atoms with van der Waals surface area (Å²) in [7, 11) is 0. The summed E-state index contributed by atoms with van der Waals surface area (Å²) in [5.41, 5.74) is 4.27. The Kier molecular flexibility index (Phi) is 4.58. The molecular formula is C17H24N2O. The first-order valence-corrected chi connectivity index (χ1v) is 7.57. The molecule has 1 aromatic carbocycles. The van der Waals surface area contributed by atoms with E-state index in [4.69, 9.17) is 0 Å². The van der Waals surface area contributed by atoms with Gasteiger partial charge in [0.1, 0.15) is 6.33 Å². The molecule has 0 aliphatic carbocycles. The van der Waals surface area contributed by atoms with Crippen molar-refractivity contribution in [3.8, 4) is 0 Å². The van der Waals surface area contributed by atoms with E-state index >= 15 is 0 Å². The van der Waals surface area contributed by atoms with Crippen LogP contribution in [0, 0.1) is 19.8 Å². The molecule has 1 heterocycles. The van der Waals surface area contributed by atoms with Crippen LogP contribution in [0.1, 0.15) is 55.5 Å². The molecule has 1 aromatic heterocycles. The molecular weight excluding hydrogens is 248 g/mol. The summed E-state index contributed by atoms with van der Waals surface area (Å²) in [6, 6.07) is 4.13. The van der Waals surface area contributed by atoms with Crippen LogP contribution in [0.4, 0.5) is 0 Å². The first kappa shape index (κ1) is 14.8. The molecule has 0 aliphatic heterocycles. The number of fused-ring (bicyclic) bond motifs is 1. The topological polar surface area (TPSA) is 34.9 Å². The van der Waals surface area contributed by atoms with Gasteiger partial charge in [-0.3, -0.25) is 9.36 Å². The summed E-state index contributed by atoms with van der Waals surface area (Å²) in [4.78, 5) is 17.1. The average Bonchev–Trinajstić information content (AvgIpc) is 2.82. The lowest BCUT2D eigenvalue weighted by Crippen LogP contribution is -2.20. The maximum Gasteiger partial charge on any atom is 0.235 e. The zero-order valence-corrected chi connectivity index (χ0v) is 12.9. The highest BCUT2D eigenvalue weighted by atomic mass is 16.2. The number of benzene rings is 1. The number of aryl methyl sites for hydroxylation is 2. The van der Waals surface area contributed by atoms with Gasteiger partial charge in [-0.05, 0) is 49.9 Å². The SMILES string of the molecule is CCCCC(CC)C(=O)n1cnc2cc(C)c(C)cc21. The highest BCUT2D eigenvalue weighted by Crippen LogP contribution is 2.22. The molecule has 0 spiro atoms. The number of carbonyl (C=O) groups excluding carboxylic acids is 1. The van der Waals surface area contributed by atoms with E-state index in [0.29, 0.717) is 0 Å². The van der Waals surface area contributed by atoms with Crippen LogP contribution in [-0.4, -0.2) is 15.5 Å². The summed E-state index contributed by atoms with van der Waals surface area (Å²) in [6.45, 7) is 8.40. The number of hydrogen-bond donors (Lipinski definition) is 0. The fraction of sp³-hybridized carbons (Fsp3) is 0.529. The van der Waals surface area contributed by atoms with Crippen LogP contribution < -0.4 is 0 Å². The maximum atomic E-state index is 12.7. The summed E-state index contributed by atoms with van der Waals surface area (Å²) in [5.74, 6) is 0.292. The van der Waals surface area contributed by atoms with Crippen molar-refractivity contribution in [2.45, 2.75) is 53.4 Å². The molecule has 1 atom stereocenters. The van der Waals surface area contributed by atoms with Gasteiger partial charge in [0.2, 0.25) is 5.91 Å². The lowest BCUT2D eigenvalue weighted by Gasteiger charge is -2.14. The highest BCUT2D eigenvalue weighted by molar-refractivity contribution is 5.92. The molecule has 1 unspecified atom stereocenters. The molecule has 0 bridgehead atoms. The number of carbonyl (C=O) groups is 1. The molecule has 3 heteroatoms. The summed E-state index contributed by atoms with van der Waals surface area (Å²) in [6.07, 6.45) is 5.78. The van der Waals surface area contributed by atoms with Crippen molar-refractivity contribution in [2.24, 2.45) is 5.92 Å². The predicted octanol–water partition coefficient (Wildman–Crippen LogP) is 4.51. The second-order valence-corrected chi connectivity index (χ2v) is 5.63. The minimum atomic E-state index is 0.106. The smallest absolute Gasteiger partial charge is 0.235 e. The van der Waals surface area contributed by atoms with E-state index in [2.05, 4.69) is 44.8 Å². The predicted molar refractivity (Wildman–Crippen MR) is 83.1 cm³/mol. The standard InChI is InChI=1S/C17H24N2O/c1-5-7-8-14(6-2)17(20)19-11-18-15-9-12(3)13(4)10-16(15)19/h9-11,14H,5-8H2,1-4H3. The Hall–Kier alpha value is -1.64. The number of rotatable bonds is 5. The van der Waals surface area contributed by atoms with Gasteiger partial charge in [0.25, 0.3) is 0 Å². The van der Waals surface area contributed by atoms with E-state index in [9.17, 15) is 4.79 Å². The van der Waals surface area contributed by atoms with Crippen LogP contribution in [0.2, 0.25) is 0 Å². The van der Waals surface area contributed by atoms with Crippen molar-refractivity contribution in [3.05, 3.63) is 29.6 Å².